The van der Waals surface area contributed by atoms with Crippen molar-refractivity contribution in [2.24, 2.45) is 0 Å². The second kappa shape index (κ2) is 7.82. The molecule has 5 heterocycles. The molecule has 4 aromatic rings. The number of rotatable bonds is 2. The van der Waals surface area contributed by atoms with Gasteiger partial charge in [-0.15, -0.1) is 0 Å². The third kappa shape index (κ3) is 4.06. The topological polar surface area (TPSA) is 57.4 Å². The van der Waals surface area contributed by atoms with E-state index in [0.29, 0.717) is 0 Å². The fourth-order valence-corrected chi connectivity index (χ4v) is 5.56. The van der Waals surface area contributed by atoms with E-state index in [2.05, 4.69) is 108 Å². The normalized spacial score (nSPS) is 13.2. The summed E-state index contributed by atoms with van der Waals surface area (Å²) in [5.41, 5.74) is 10.1. The smallest absolute Gasteiger partial charge is 0.0775 e. The SMILES string of the molecule is C[Si](C)(C)c1ccc(C2=Cc3cc4ccc(cc5ccc(cc6nc(cc2n3)C=C6)[nH]5)[nH]4)cc1. The van der Waals surface area contributed by atoms with E-state index in [1.54, 1.807) is 0 Å². The summed E-state index contributed by atoms with van der Waals surface area (Å²) in [4.78, 5) is 16.7. The molecule has 0 atom stereocenters. The van der Waals surface area contributed by atoms with Gasteiger partial charge in [-0.1, -0.05) is 49.1 Å². The minimum absolute atomic E-state index is 0.906. The van der Waals surface area contributed by atoms with Gasteiger partial charge in [-0.25, -0.2) is 9.97 Å². The van der Waals surface area contributed by atoms with Crippen molar-refractivity contribution in [1.82, 2.24) is 19.9 Å². The van der Waals surface area contributed by atoms with Crippen LogP contribution in [0.2, 0.25) is 19.6 Å². The molecule has 2 aliphatic rings. The number of aromatic amines is 2. The molecule has 6 rings (SSSR count). The predicted octanol–water partition coefficient (Wildman–Crippen LogP) is 6.62. The molecule has 0 unspecified atom stereocenters. The highest BCUT2D eigenvalue weighted by atomic mass is 28.3. The summed E-state index contributed by atoms with van der Waals surface area (Å²) < 4.78 is 0. The molecule has 0 saturated carbocycles. The van der Waals surface area contributed by atoms with Crippen LogP contribution in [0.4, 0.5) is 0 Å². The van der Waals surface area contributed by atoms with Crippen molar-refractivity contribution in [2.45, 2.75) is 19.6 Å². The van der Waals surface area contributed by atoms with Crippen LogP contribution in [0.3, 0.4) is 0 Å². The Balaban J connectivity index is 1.57. The van der Waals surface area contributed by atoms with Crippen molar-refractivity contribution >= 4 is 59.1 Å². The summed E-state index contributed by atoms with van der Waals surface area (Å²) in [7, 11) is -1.35. The lowest BCUT2D eigenvalue weighted by Gasteiger charge is -2.16. The van der Waals surface area contributed by atoms with Gasteiger partial charge in [0.15, 0.2) is 0 Å². The third-order valence-corrected chi connectivity index (χ3v) is 8.29. The van der Waals surface area contributed by atoms with Gasteiger partial charge in [0.1, 0.15) is 0 Å². The Morgan fingerprint density at radius 2 is 1.15 bits per heavy atom. The number of nitrogens with zero attached hydrogens (tertiary/aromatic N) is 2. The Kier molecular flexibility index (Phi) is 4.74. The fourth-order valence-electron chi connectivity index (χ4n) is 4.40. The Morgan fingerprint density at radius 1 is 0.588 bits per heavy atom. The third-order valence-electron chi connectivity index (χ3n) is 6.23. The molecular weight excluding hydrogens is 432 g/mol. The van der Waals surface area contributed by atoms with Crippen molar-refractivity contribution < 1.29 is 0 Å². The average molecular weight is 459 g/mol. The molecule has 5 heteroatoms. The zero-order valence-corrected chi connectivity index (χ0v) is 20.6. The van der Waals surface area contributed by atoms with Gasteiger partial charge in [-0.2, -0.15) is 0 Å². The Bertz CT molecular complexity index is 1630. The molecule has 1 aromatic carbocycles. The number of hydrogen-bond donors (Lipinski definition) is 2. The summed E-state index contributed by atoms with van der Waals surface area (Å²) in [6.07, 6.45) is 6.26. The van der Waals surface area contributed by atoms with Gasteiger partial charge in [-0.3, -0.25) is 0 Å². The molecule has 4 nitrogen and oxygen atoms in total. The molecule has 0 amide bonds. The number of fused-ring (bicyclic) bond motifs is 8. The maximum atomic E-state index is 4.98. The van der Waals surface area contributed by atoms with Gasteiger partial charge in [0, 0.05) is 27.6 Å². The highest BCUT2D eigenvalue weighted by molar-refractivity contribution is 6.88. The summed E-state index contributed by atoms with van der Waals surface area (Å²) in [5.74, 6) is 0. The molecule has 2 aliphatic heterocycles. The van der Waals surface area contributed by atoms with Crippen LogP contribution in [0.25, 0.3) is 45.9 Å². The first kappa shape index (κ1) is 20.6. The summed E-state index contributed by atoms with van der Waals surface area (Å²) in [6, 6.07) is 25.7. The zero-order chi connectivity index (χ0) is 23.3. The van der Waals surface area contributed by atoms with E-state index in [1.165, 1.54) is 10.8 Å². The minimum Gasteiger partial charge on any atom is -0.355 e. The maximum absolute atomic E-state index is 4.98. The number of nitrogens with one attached hydrogen (secondary N) is 2. The van der Waals surface area contributed by atoms with Crippen LogP contribution in [0.5, 0.6) is 0 Å². The summed E-state index contributed by atoms with van der Waals surface area (Å²) in [5, 5.41) is 1.46. The first-order valence-electron chi connectivity index (χ1n) is 11.6. The van der Waals surface area contributed by atoms with Gasteiger partial charge in [0.2, 0.25) is 0 Å². The van der Waals surface area contributed by atoms with Gasteiger partial charge in [0.25, 0.3) is 0 Å². The largest absolute Gasteiger partial charge is 0.355 e. The Hall–Kier alpha value is -3.96. The lowest BCUT2D eigenvalue weighted by molar-refractivity contribution is 1.27. The number of hydrogen-bond acceptors (Lipinski definition) is 2. The molecule has 166 valence electrons. The Morgan fingerprint density at radius 3 is 1.76 bits per heavy atom. The van der Waals surface area contributed by atoms with Crippen LogP contribution >= 0.6 is 0 Å². The van der Waals surface area contributed by atoms with E-state index in [9.17, 15) is 0 Å². The molecular formula is C29H26N4Si. The second-order valence-electron chi connectivity index (χ2n) is 9.92. The molecule has 0 radical (unpaired) electrons. The summed E-state index contributed by atoms with van der Waals surface area (Å²) >= 11 is 0. The van der Waals surface area contributed by atoms with E-state index >= 15 is 0 Å². The molecule has 34 heavy (non-hydrogen) atoms. The van der Waals surface area contributed by atoms with Crippen LogP contribution in [-0.4, -0.2) is 28.0 Å². The van der Waals surface area contributed by atoms with Gasteiger partial charge in [0.05, 0.1) is 30.8 Å². The highest BCUT2D eigenvalue weighted by Crippen LogP contribution is 2.29. The maximum Gasteiger partial charge on any atom is 0.0775 e. The molecule has 0 saturated heterocycles. The van der Waals surface area contributed by atoms with Crippen molar-refractivity contribution in [3.63, 3.8) is 0 Å². The van der Waals surface area contributed by atoms with E-state index < -0.39 is 8.07 Å². The highest BCUT2D eigenvalue weighted by Gasteiger charge is 2.18. The summed E-state index contributed by atoms with van der Waals surface area (Å²) in [6.45, 7) is 7.13. The van der Waals surface area contributed by atoms with Crippen LogP contribution in [-0.2, 0) is 0 Å². The van der Waals surface area contributed by atoms with Gasteiger partial charge >= 0.3 is 0 Å². The number of benzene rings is 1. The van der Waals surface area contributed by atoms with Crippen molar-refractivity contribution in [2.75, 3.05) is 0 Å². The van der Waals surface area contributed by atoms with E-state index in [0.717, 1.165) is 50.4 Å². The van der Waals surface area contributed by atoms with Crippen molar-refractivity contribution in [1.29, 1.82) is 0 Å². The standard InChI is InChI=1S/C29H26N4Si/c1-34(2,3)27-12-4-19(5-13-27)28-17-26-16-24-9-8-22(31-24)14-20-6-7-21(30-20)15-23-10-11-25(32-23)18-29(28)33-26/h4-18,30-31H,1-3H3. The van der Waals surface area contributed by atoms with E-state index in [4.69, 9.17) is 9.97 Å². The van der Waals surface area contributed by atoms with Crippen molar-refractivity contribution in [3.05, 3.63) is 101 Å². The monoisotopic (exact) mass is 458 g/mol. The van der Waals surface area contributed by atoms with E-state index in [-0.39, 0.29) is 0 Å². The zero-order valence-electron chi connectivity index (χ0n) is 19.6. The van der Waals surface area contributed by atoms with Crippen LogP contribution in [0.1, 0.15) is 28.3 Å². The van der Waals surface area contributed by atoms with Gasteiger partial charge < -0.3 is 9.97 Å². The number of H-pyrrole nitrogens is 2. The first-order valence-corrected chi connectivity index (χ1v) is 15.1. The second-order valence-corrected chi connectivity index (χ2v) is 15.0. The minimum atomic E-state index is -1.35. The number of aromatic nitrogens is 4. The lowest BCUT2D eigenvalue weighted by atomic mass is 10.0. The molecule has 0 fully saturated rings. The van der Waals surface area contributed by atoms with Crippen LogP contribution in [0, 0.1) is 0 Å². The lowest BCUT2D eigenvalue weighted by Crippen LogP contribution is -2.37. The van der Waals surface area contributed by atoms with Gasteiger partial charge in [-0.05, 0) is 72.3 Å². The average Bonchev–Trinajstić information content (AvgIpc) is 3.58. The van der Waals surface area contributed by atoms with Crippen molar-refractivity contribution in [3.8, 4) is 0 Å². The molecule has 3 aromatic heterocycles. The fraction of sp³-hybridized carbons (Fsp3) is 0.103. The Labute approximate surface area is 199 Å². The first-order chi connectivity index (χ1) is 16.4. The molecule has 0 spiro atoms. The van der Waals surface area contributed by atoms with E-state index in [1.807, 2.05) is 12.2 Å². The molecule has 2 N–H and O–H groups in total. The van der Waals surface area contributed by atoms with Crippen LogP contribution < -0.4 is 5.19 Å². The molecule has 8 bridgehead atoms. The molecule has 0 aliphatic carbocycles. The predicted molar refractivity (Wildman–Crippen MR) is 146 cm³/mol. The quantitative estimate of drug-likeness (QED) is 0.287. The van der Waals surface area contributed by atoms with Crippen LogP contribution in [0.15, 0.2) is 72.8 Å².